The molecule has 31 heavy (non-hydrogen) atoms. The molecule has 0 radical (unpaired) electrons. The zero-order valence-corrected chi connectivity index (χ0v) is 17.6. The molecule has 0 spiro atoms. The zero-order valence-electron chi connectivity index (χ0n) is 17.6. The lowest BCUT2D eigenvalue weighted by Crippen LogP contribution is -2.36. The number of fused-ring (bicyclic) bond motifs is 1. The first kappa shape index (κ1) is 19.8. The molecule has 0 aromatic carbocycles. The fourth-order valence-corrected chi connectivity index (χ4v) is 4.18. The molecule has 2 aliphatic rings. The van der Waals surface area contributed by atoms with Gasteiger partial charge < -0.3 is 24.4 Å². The summed E-state index contributed by atoms with van der Waals surface area (Å²) in [5.74, 6) is 2.08. The molecule has 0 atom stereocenters. The standard InChI is InChI=1S/C21H27N7O3/c1-29-20-7-6-19(25-26-20)24-15-2-4-17(5-3-15)31-18-12-16(27-8-10-30-11-9-27)13-28-21(18)22-14-23-28/h6-7,12-15,17H,2-5,8-11H2,1H3,(H,24,25). The van der Waals surface area contributed by atoms with Crippen molar-refractivity contribution in [1.82, 2.24) is 24.8 Å². The molecule has 1 N–H and O–H groups in total. The van der Waals surface area contributed by atoms with Crippen molar-refractivity contribution in [3.8, 4) is 11.6 Å². The Labute approximate surface area is 180 Å². The van der Waals surface area contributed by atoms with Crippen molar-refractivity contribution in [2.45, 2.75) is 37.8 Å². The minimum Gasteiger partial charge on any atom is -0.486 e. The van der Waals surface area contributed by atoms with Crippen LogP contribution in [0.15, 0.2) is 30.7 Å². The van der Waals surface area contributed by atoms with Crippen LogP contribution in [0, 0.1) is 0 Å². The van der Waals surface area contributed by atoms with Gasteiger partial charge in [-0.2, -0.15) is 5.10 Å². The predicted octanol–water partition coefficient (Wildman–Crippen LogP) is 2.17. The Balaban J connectivity index is 1.23. The summed E-state index contributed by atoms with van der Waals surface area (Å²) in [5.41, 5.74) is 1.84. The Kier molecular flexibility index (Phi) is 5.70. The molecular formula is C21H27N7O3. The Hall–Kier alpha value is -3.14. The van der Waals surface area contributed by atoms with E-state index < -0.39 is 0 Å². The Morgan fingerprint density at radius 3 is 2.68 bits per heavy atom. The van der Waals surface area contributed by atoms with Gasteiger partial charge in [-0.25, -0.2) is 9.50 Å². The Bertz CT molecular complexity index is 996. The number of anilines is 2. The van der Waals surface area contributed by atoms with Gasteiger partial charge in [0.2, 0.25) is 5.88 Å². The van der Waals surface area contributed by atoms with Gasteiger partial charge in [0, 0.05) is 31.3 Å². The van der Waals surface area contributed by atoms with E-state index in [1.807, 2.05) is 18.3 Å². The third-order valence-corrected chi connectivity index (χ3v) is 5.87. The molecule has 1 saturated carbocycles. The van der Waals surface area contributed by atoms with E-state index >= 15 is 0 Å². The van der Waals surface area contributed by atoms with Crippen LogP contribution >= 0.6 is 0 Å². The van der Waals surface area contributed by atoms with Crippen LogP contribution in [-0.2, 0) is 4.74 Å². The summed E-state index contributed by atoms with van der Waals surface area (Å²) in [6.07, 6.45) is 7.67. The number of rotatable bonds is 6. The molecule has 10 heteroatoms. The van der Waals surface area contributed by atoms with Gasteiger partial charge in [0.25, 0.3) is 0 Å². The lowest BCUT2D eigenvalue weighted by Gasteiger charge is -2.31. The van der Waals surface area contributed by atoms with Crippen molar-refractivity contribution in [2.75, 3.05) is 43.6 Å². The summed E-state index contributed by atoms with van der Waals surface area (Å²) in [6, 6.07) is 6.16. The molecule has 1 aliphatic carbocycles. The van der Waals surface area contributed by atoms with Crippen molar-refractivity contribution in [3.63, 3.8) is 0 Å². The van der Waals surface area contributed by atoms with E-state index in [1.54, 1.807) is 18.0 Å². The minimum atomic E-state index is 0.153. The molecule has 0 amide bonds. The summed E-state index contributed by atoms with van der Waals surface area (Å²) >= 11 is 0. The number of morpholine rings is 1. The van der Waals surface area contributed by atoms with Crippen molar-refractivity contribution in [3.05, 3.63) is 30.7 Å². The summed E-state index contributed by atoms with van der Waals surface area (Å²) in [7, 11) is 1.59. The largest absolute Gasteiger partial charge is 0.486 e. The van der Waals surface area contributed by atoms with Gasteiger partial charge in [0.15, 0.2) is 11.4 Å². The number of aromatic nitrogens is 5. The Morgan fingerprint density at radius 1 is 1.10 bits per heavy atom. The summed E-state index contributed by atoms with van der Waals surface area (Å²) < 4.78 is 18.8. The number of methoxy groups -OCH3 is 1. The second-order valence-corrected chi connectivity index (χ2v) is 7.89. The molecule has 4 heterocycles. The molecule has 0 bridgehead atoms. The van der Waals surface area contributed by atoms with Crippen molar-refractivity contribution in [1.29, 1.82) is 0 Å². The molecule has 2 fully saturated rings. The van der Waals surface area contributed by atoms with E-state index in [0.29, 0.717) is 11.9 Å². The first-order valence-corrected chi connectivity index (χ1v) is 10.8. The summed E-state index contributed by atoms with van der Waals surface area (Å²) in [6.45, 7) is 3.21. The van der Waals surface area contributed by atoms with Crippen LogP contribution in [0.2, 0.25) is 0 Å². The van der Waals surface area contributed by atoms with Crippen LogP contribution in [0.5, 0.6) is 11.6 Å². The molecular weight excluding hydrogens is 398 g/mol. The van der Waals surface area contributed by atoms with Gasteiger partial charge in [-0.1, -0.05) is 0 Å². The average molecular weight is 425 g/mol. The molecule has 3 aromatic heterocycles. The molecule has 5 rings (SSSR count). The third-order valence-electron chi connectivity index (χ3n) is 5.87. The highest BCUT2D eigenvalue weighted by Crippen LogP contribution is 2.30. The quantitative estimate of drug-likeness (QED) is 0.637. The van der Waals surface area contributed by atoms with Gasteiger partial charge in [-0.05, 0) is 31.7 Å². The lowest BCUT2D eigenvalue weighted by molar-refractivity contribution is 0.122. The Morgan fingerprint density at radius 2 is 1.94 bits per heavy atom. The minimum absolute atomic E-state index is 0.153. The maximum atomic E-state index is 6.43. The van der Waals surface area contributed by atoms with E-state index in [1.165, 1.54) is 0 Å². The maximum absolute atomic E-state index is 6.43. The van der Waals surface area contributed by atoms with E-state index in [2.05, 4.69) is 36.6 Å². The van der Waals surface area contributed by atoms with E-state index in [0.717, 1.165) is 74.9 Å². The molecule has 3 aromatic rings. The van der Waals surface area contributed by atoms with Gasteiger partial charge in [0.05, 0.1) is 38.3 Å². The van der Waals surface area contributed by atoms with Gasteiger partial charge in [-0.15, -0.1) is 10.2 Å². The second-order valence-electron chi connectivity index (χ2n) is 7.89. The van der Waals surface area contributed by atoms with Gasteiger partial charge in [-0.3, -0.25) is 0 Å². The number of nitrogens with zero attached hydrogens (tertiary/aromatic N) is 6. The first-order chi connectivity index (χ1) is 15.3. The monoisotopic (exact) mass is 425 g/mol. The topological polar surface area (TPSA) is 98.9 Å². The number of hydrogen-bond donors (Lipinski definition) is 1. The number of hydrogen-bond acceptors (Lipinski definition) is 9. The summed E-state index contributed by atoms with van der Waals surface area (Å²) in [5, 5.41) is 16.0. The smallest absolute Gasteiger partial charge is 0.233 e. The highest BCUT2D eigenvalue weighted by atomic mass is 16.5. The van der Waals surface area contributed by atoms with Crippen molar-refractivity contribution in [2.24, 2.45) is 0 Å². The molecule has 1 aliphatic heterocycles. The average Bonchev–Trinajstić information content (AvgIpc) is 3.31. The van der Waals surface area contributed by atoms with Crippen LogP contribution in [0.1, 0.15) is 25.7 Å². The van der Waals surface area contributed by atoms with E-state index in [9.17, 15) is 0 Å². The van der Waals surface area contributed by atoms with E-state index in [-0.39, 0.29) is 6.10 Å². The van der Waals surface area contributed by atoms with Crippen LogP contribution in [-0.4, -0.2) is 70.4 Å². The van der Waals surface area contributed by atoms with Crippen LogP contribution in [0.25, 0.3) is 5.65 Å². The third kappa shape index (κ3) is 4.48. The van der Waals surface area contributed by atoms with Crippen molar-refractivity contribution < 1.29 is 14.2 Å². The molecule has 10 nitrogen and oxygen atoms in total. The lowest BCUT2D eigenvalue weighted by atomic mass is 9.93. The van der Waals surface area contributed by atoms with Crippen LogP contribution < -0.4 is 19.7 Å². The van der Waals surface area contributed by atoms with Crippen LogP contribution in [0.3, 0.4) is 0 Å². The SMILES string of the molecule is COc1ccc(NC2CCC(Oc3cc(N4CCOCC4)cn4ncnc34)CC2)nn1. The fraction of sp³-hybridized carbons (Fsp3) is 0.524. The molecule has 1 saturated heterocycles. The predicted molar refractivity (Wildman–Crippen MR) is 115 cm³/mol. The molecule has 164 valence electrons. The number of pyridine rings is 1. The normalized spacial score (nSPS) is 21.8. The van der Waals surface area contributed by atoms with Crippen molar-refractivity contribution >= 4 is 17.2 Å². The fourth-order valence-electron chi connectivity index (χ4n) is 4.18. The number of nitrogens with one attached hydrogen (secondary N) is 1. The summed E-state index contributed by atoms with van der Waals surface area (Å²) in [4.78, 5) is 6.70. The van der Waals surface area contributed by atoms with Gasteiger partial charge >= 0.3 is 0 Å². The van der Waals surface area contributed by atoms with Crippen LogP contribution in [0.4, 0.5) is 11.5 Å². The maximum Gasteiger partial charge on any atom is 0.233 e. The highest BCUT2D eigenvalue weighted by molar-refractivity contribution is 5.61. The second kappa shape index (κ2) is 8.93. The highest BCUT2D eigenvalue weighted by Gasteiger charge is 2.24. The molecule has 0 unspecified atom stereocenters. The first-order valence-electron chi connectivity index (χ1n) is 10.8. The number of ether oxygens (including phenoxy) is 3. The van der Waals surface area contributed by atoms with Gasteiger partial charge in [0.1, 0.15) is 12.1 Å². The zero-order chi connectivity index (χ0) is 21.0. The van der Waals surface area contributed by atoms with E-state index in [4.69, 9.17) is 14.2 Å².